The van der Waals surface area contributed by atoms with Crippen LogP contribution in [-0.4, -0.2) is 88.7 Å². The third kappa shape index (κ3) is 9.77. The van der Waals surface area contributed by atoms with Gasteiger partial charge >= 0.3 is 0 Å². The van der Waals surface area contributed by atoms with Crippen molar-refractivity contribution in [2.75, 3.05) is 13.1 Å². The zero-order valence-corrected chi connectivity index (χ0v) is 27.0. The summed E-state index contributed by atoms with van der Waals surface area (Å²) in [6, 6.07) is 10.1. The minimum Gasteiger partial charge on any atom is -0.508 e. The fraction of sp³-hybridized carbons (Fsp3) is 0.471. The number of phenolic OH excluding ortho intramolecular Hbond substituents is 1. The summed E-state index contributed by atoms with van der Waals surface area (Å²) in [4.78, 5) is 82.3. The van der Waals surface area contributed by atoms with E-state index >= 15 is 0 Å². The van der Waals surface area contributed by atoms with Gasteiger partial charge in [-0.2, -0.15) is 0 Å². The first-order valence-electron chi connectivity index (χ1n) is 16.0. The fourth-order valence-electron chi connectivity index (χ4n) is 5.82. The molecule has 2 heterocycles. The summed E-state index contributed by atoms with van der Waals surface area (Å²) in [5, 5.41) is 23.1. The van der Waals surface area contributed by atoms with E-state index in [1.54, 1.807) is 12.1 Å². The van der Waals surface area contributed by atoms with Crippen LogP contribution in [0.15, 0.2) is 54.6 Å². The van der Waals surface area contributed by atoms with Gasteiger partial charge in [-0.1, -0.05) is 56.3 Å². The summed E-state index contributed by atoms with van der Waals surface area (Å²) < 4.78 is 0. The van der Waals surface area contributed by atoms with Crippen molar-refractivity contribution in [3.63, 3.8) is 0 Å². The summed E-state index contributed by atoms with van der Waals surface area (Å²) in [6.07, 6.45) is 1.38. The first-order valence-corrected chi connectivity index (χ1v) is 16.0. The average Bonchev–Trinajstić information content (AvgIpc) is 3.53. The Morgan fingerprint density at radius 1 is 0.745 bits per heavy atom. The van der Waals surface area contributed by atoms with E-state index in [9.17, 15) is 33.9 Å². The Kier molecular flexibility index (Phi) is 11.9. The van der Waals surface area contributed by atoms with Gasteiger partial charge in [0.1, 0.15) is 36.0 Å². The molecule has 0 bridgehead atoms. The third-order valence-corrected chi connectivity index (χ3v) is 8.28. The Hall–Kier alpha value is -4.94. The molecule has 252 valence electrons. The van der Waals surface area contributed by atoms with Crippen LogP contribution in [0.5, 0.6) is 5.75 Å². The molecule has 47 heavy (non-hydrogen) atoms. The molecule has 0 unspecified atom stereocenters. The van der Waals surface area contributed by atoms with Crippen molar-refractivity contribution in [3.05, 3.63) is 65.7 Å². The van der Waals surface area contributed by atoms with Gasteiger partial charge in [0.15, 0.2) is 0 Å². The second-order valence-corrected chi connectivity index (χ2v) is 12.6. The van der Waals surface area contributed by atoms with Crippen LogP contribution in [0.1, 0.15) is 51.2 Å². The highest BCUT2D eigenvalue weighted by Crippen LogP contribution is 2.21. The SMILES string of the molecule is CC(C)C[C@H]1NC(=O)[C@@H](Cc2ccccc2)NC(=O)CNC(=O)[C@H](C)NC(=O)[C@H](Cc2ccc(O)cc2)NC(=O)[C@@H]2CCCN2C1=O. The highest BCUT2D eigenvalue weighted by Gasteiger charge is 2.40. The van der Waals surface area contributed by atoms with Crippen molar-refractivity contribution in [2.24, 2.45) is 5.92 Å². The largest absolute Gasteiger partial charge is 0.508 e. The lowest BCUT2D eigenvalue weighted by molar-refractivity contribution is -0.143. The van der Waals surface area contributed by atoms with Crippen LogP contribution in [0.3, 0.4) is 0 Å². The number of amides is 6. The van der Waals surface area contributed by atoms with Gasteiger partial charge < -0.3 is 36.6 Å². The molecule has 0 saturated carbocycles. The zero-order valence-electron chi connectivity index (χ0n) is 27.0. The number of benzene rings is 2. The molecule has 2 aromatic carbocycles. The van der Waals surface area contributed by atoms with Crippen LogP contribution < -0.4 is 26.6 Å². The molecule has 13 heteroatoms. The van der Waals surface area contributed by atoms with E-state index in [4.69, 9.17) is 0 Å². The number of aromatic hydroxyl groups is 1. The monoisotopic (exact) mass is 648 g/mol. The molecule has 0 aromatic heterocycles. The molecule has 5 atom stereocenters. The van der Waals surface area contributed by atoms with Crippen molar-refractivity contribution in [1.29, 1.82) is 0 Å². The normalized spacial score (nSPS) is 25.1. The van der Waals surface area contributed by atoms with Crippen LogP contribution in [0.4, 0.5) is 0 Å². The number of fused-ring (bicyclic) bond motifs is 1. The Morgan fingerprint density at radius 2 is 1.34 bits per heavy atom. The van der Waals surface area contributed by atoms with Gasteiger partial charge in [-0.25, -0.2) is 0 Å². The Morgan fingerprint density at radius 3 is 2.00 bits per heavy atom. The highest BCUT2D eigenvalue weighted by molar-refractivity contribution is 5.97. The van der Waals surface area contributed by atoms with Crippen molar-refractivity contribution in [1.82, 2.24) is 31.5 Å². The van der Waals surface area contributed by atoms with E-state index in [0.29, 0.717) is 24.8 Å². The minimum atomic E-state index is -1.12. The van der Waals surface area contributed by atoms with Crippen LogP contribution in [-0.2, 0) is 41.6 Å². The molecule has 4 rings (SSSR count). The number of nitrogens with one attached hydrogen (secondary N) is 5. The van der Waals surface area contributed by atoms with Crippen LogP contribution in [0.25, 0.3) is 0 Å². The molecular weight excluding hydrogens is 604 g/mol. The van der Waals surface area contributed by atoms with Gasteiger partial charge in [0.2, 0.25) is 35.4 Å². The number of rotatable bonds is 6. The molecular formula is C34H44N6O7. The number of hydrogen-bond acceptors (Lipinski definition) is 7. The maximum atomic E-state index is 14.0. The predicted octanol–water partition coefficient (Wildman–Crippen LogP) is 0.303. The smallest absolute Gasteiger partial charge is 0.245 e. The standard InChI is InChI=1S/C34H44N6O7/c1-20(2)16-27-34(47)40-15-7-10-28(40)33(46)38-26(18-23-11-13-24(41)14-12-23)31(44)36-21(3)30(43)35-19-29(42)37-25(32(45)39-27)17-22-8-5-4-6-9-22/h4-6,8-9,11-14,20-21,25-28,41H,7,10,15-19H2,1-3H3,(H,35,43)(H,36,44)(H,37,42)(H,38,46)(H,39,45)/t21-,25+,26-,27+,28-/m0/s1. The summed E-state index contributed by atoms with van der Waals surface area (Å²) in [5.74, 6) is -3.37. The number of nitrogens with zero attached hydrogens (tertiary/aromatic N) is 1. The van der Waals surface area contributed by atoms with Crippen molar-refractivity contribution < 1.29 is 33.9 Å². The summed E-state index contributed by atoms with van der Waals surface area (Å²) in [6.45, 7) is 5.10. The Bertz CT molecular complexity index is 1450. The molecule has 2 saturated heterocycles. The highest BCUT2D eigenvalue weighted by atomic mass is 16.3. The van der Waals surface area contributed by atoms with Crippen molar-refractivity contribution in [3.8, 4) is 5.75 Å². The fourth-order valence-corrected chi connectivity index (χ4v) is 5.82. The second-order valence-electron chi connectivity index (χ2n) is 12.6. The summed E-state index contributed by atoms with van der Waals surface area (Å²) in [7, 11) is 0. The first-order chi connectivity index (χ1) is 22.4. The molecule has 2 fully saturated rings. The van der Waals surface area contributed by atoms with Crippen LogP contribution in [0.2, 0.25) is 0 Å². The van der Waals surface area contributed by atoms with Gasteiger partial charge in [-0.3, -0.25) is 28.8 Å². The molecule has 2 aromatic rings. The van der Waals surface area contributed by atoms with Gasteiger partial charge in [0.05, 0.1) is 6.54 Å². The lowest BCUT2D eigenvalue weighted by atomic mass is 10.00. The van der Waals surface area contributed by atoms with E-state index in [0.717, 1.165) is 5.56 Å². The topological polar surface area (TPSA) is 186 Å². The molecule has 0 spiro atoms. The maximum absolute atomic E-state index is 14.0. The predicted molar refractivity (Wildman–Crippen MR) is 173 cm³/mol. The quantitative estimate of drug-likeness (QED) is 0.260. The Balaban J connectivity index is 1.65. The molecule has 2 aliphatic heterocycles. The molecule has 6 N–H and O–H groups in total. The van der Waals surface area contributed by atoms with E-state index in [-0.39, 0.29) is 31.1 Å². The van der Waals surface area contributed by atoms with Gasteiger partial charge in [0, 0.05) is 19.4 Å². The summed E-state index contributed by atoms with van der Waals surface area (Å²) in [5.41, 5.74) is 1.42. The minimum absolute atomic E-state index is 0.00902. The Labute approximate surface area is 274 Å². The van der Waals surface area contributed by atoms with Gasteiger partial charge in [-0.05, 0) is 55.4 Å². The number of hydrogen-bond donors (Lipinski definition) is 6. The van der Waals surface area contributed by atoms with E-state index in [1.165, 1.54) is 24.0 Å². The number of phenols is 1. The van der Waals surface area contributed by atoms with Gasteiger partial charge in [0.25, 0.3) is 0 Å². The number of carbonyl (C=O) groups is 6. The van der Waals surface area contributed by atoms with Crippen LogP contribution in [0, 0.1) is 5.92 Å². The van der Waals surface area contributed by atoms with E-state index in [2.05, 4.69) is 26.6 Å². The summed E-state index contributed by atoms with van der Waals surface area (Å²) >= 11 is 0. The second kappa shape index (κ2) is 16.1. The van der Waals surface area contributed by atoms with E-state index in [1.807, 2.05) is 44.2 Å². The third-order valence-electron chi connectivity index (χ3n) is 8.28. The maximum Gasteiger partial charge on any atom is 0.245 e. The zero-order chi connectivity index (χ0) is 34.1. The van der Waals surface area contributed by atoms with Crippen LogP contribution >= 0.6 is 0 Å². The van der Waals surface area contributed by atoms with E-state index < -0.39 is 72.2 Å². The molecule has 13 nitrogen and oxygen atoms in total. The average molecular weight is 649 g/mol. The molecule has 2 aliphatic rings. The first kappa shape index (κ1) is 34.9. The van der Waals surface area contributed by atoms with Crippen molar-refractivity contribution >= 4 is 35.4 Å². The van der Waals surface area contributed by atoms with Crippen molar-refractivity contribution in [2.45, 2.75) is 83.1 Å². The number of carbonyl (C=O) groups excluding carboxylic acids is 6. The lowest BCUT2D eigenvalue weighted by Crippen LogP contribution is -2.60. The lowest BCUT2D eigenvalue weighted by Gasteiger charge is -2.31. The van der Waals surface area contributed by atoms with Gasteiger partial charge in [-0.15, -0.1) is 0 Å². The molecule has 0 aliphatic carbocycles. The molecule has 6 amide bonds. The molecule has 0 radical (unpaired) electrons.